The predicted octanol–water partition coefficient (Wildman–Crippen LogP) is 4.66. The molecule has 0 aliphatic rings. The number of benzene rings is 1. The Bertz CT molecular complexity index is 973. The Morgan fingerprint density at radius 2 is 2.11 bits per heavy atom. The summed E-state index contributed by atoms with van der Waals surface area (Å²) in [6.07, 6.45) is 7.86. The number of amides is 1. The lowest BCUT2D eigenvalue weighted by Gasteiger charge is -2.16. The highest BCUT2D eigenvalue weighted by atomic mass is 35.5. The molecule has 5 nitrogen and oxygen atoms in total. The van der Waals surface area contributed by atoms with Crippen molar-refractivity contribution in [3.63, 3.8) is 0 Å². The zero-order valence-corrected chi connectivity index (χ0v) is 16.9. The lowest BCUT2D eigenvalue weighted by Crippen LogP contribution is -2.29. The van der Waals surface area contributed by atoms with Crippen LogP contribution in [0, 0.1) is 0 Å². The van der Waals surface area contributed by atoms with Crippen LogP contribution in [-0.4, -0.2) is 32.5 Å². The van der Waals surface area contributed by atoms with Crippen molar-refractivity contribution in [2.45, 2.75) is 12.5 Å². The number of hydrogen-bond donors (Lipinski definition) is 1. The average molecular weight is 421 g/mol. The zero-order valence-electron chi connectivity index (χ0n) is 14.6. The van der Waals surface area contributed by atoms with E-state index in [-0.39, 0.29) is 11.9 Å². The maximum atomic E-state index is 12.5. The van der Waals surface area contributed by atoms with Gasteiger partial charge in [0.1, 0.15) is 0 Å². The van der Waals surface area contributed by atoms with Gasteiger partial charge in [-0.15, -0.1) is 10.2 Å². The fourth-order valence-corrected chi connectivity index (χ4v) is 3.38. The summed E-state index contributed by atoms with van der Waals surface area (Å²) in [5, 5.41) is 12.4. The monoisotopic (exact) mass is 420 g/mol. The van der Waals surface area contributed by atoms with E-state index in [1.54, 1.807) is 36.0 Å². The summed E-state index contributed by atoms with van der Waals surface area (Å²) < 4.78 is 1.90. The van der Waals surface area contributed by atoms with Gasteiger partial charge < -0.3 is 5.32 Å². The number of rotatable bonds is 7. The quantitative estimate of drug-likeness (QED) is 0.564. The Morgan fingerprint density at radius 1 is 1.26 bits per heavy atom. The molecule has 0 aliphatic carbocycles. The number of hydrogen-bond acceptors (Lipinski definition) is 4. The standard InChI is InChI=1S/C19H18Cl2N4OS/c1-27-11-9-16(19-24-23-17-4-2-3-10-25(17)19)22-18(26)8-6-13-5-7-14(20)15(21)12-13/h2-8,10,12,16H,9,11H2,1H3,(H,22,26)/b8-6+. The van der Waals surface area contributed by atoms with Crippen LogP contribution in [0.3, 0.4) is 0 Å². The van der Waals surface area contributed by atoms with Gasteiger partial charge in [0.05, 0.1) is 16.1 Å². The summed E-state index contributed by atoms with van der Waals surface area (Å²) in [4.78, 5) is 12.5. The van der Waals surface area contributed by atoms with Crippen LogP contribution in [0.1, 0.15) is 23.9 Å². The fraction of sp³-hybridized carbons (Fsp3) is 0.211. The van der Waals surface area contributed by atoms with Crippen molar-refractivity contribution in [2.24, 2.45) is 0 Å². The Balaban J connectivity index is 1.76. The molecule has 140 valence electrons. The first kappa shape index (κ1) is 19.7. The second kappa shape index (κ2) is 9.26. The van der Waals surface area contributed by atoms with Crippen LogP contribution in [0.2, 0.25) is 10.0 Å². The lowest BCUT2D eigenvalue weighted by molar-refractivity contribution is -0.117. The molecule has 1 aromatic carbocycles. The van der Waals surface area contributed by atoms with Crippen LogP contribution in [0.25, 0.3) is 11.7 Å². The van der Waals surface area contributed by atoms with Crippen LogP contribution < -0.4 is 5.32 Å². The molecule has 0 radical (unpaired) electrons. The molecule has 3 aromatic rings. The van der Waals surface area contributed by atoms with Crippen molar-refractivity contribution in [3.8, 4) is 0 Å². The van der Waals surface area contributed by atoms with Gasteiger partial charge in [0, 0.05) is 12.3 Å². The van der Waals surface area contributed by atoms with Gasteiger partial charge in [-0.25, -0.2) is 0 Å². The van der Waals surface area contributed by atoms with Crippen molar-refractivity contribution < 1.29 is 4.79 Å². The number of aromatic nitrogens is 3. The van der Waals surface area contributed by atoms with Crippen LogP contribution in [-0.2, 0) is 4.79 Å². The van der Waals surface area contributed by atoms with Gasteiger partial charge in [0.15, 0.2) is 11.5 Å². The van der Waals surface area contributed by atoms with E-state index in [9.17, 15) is 4.79 Å². The second-order valence-corrected chi connectivity index (χ2v) is 7.64. The normalized spacial score (nSPS) is 12.6. The number of carbonyl (C=O) groups excluding carboxylic acids is 1. The predicted molar refractivity (Wildman–Crippen MR) is 112 cm³/mol. The maximum Gasteiger partial charge on any atom is 0.244 e. The summed E-state index contributed by atoms with van der Waals surface area (Å²) >= 11 is 13.6. The minimum absolute atomic E-state index is 0.208. The van der Waals surface area contributed by atoms with Crippen molar-refractivity contribution in [1.82, 2.24) is 19.9 Å². The first-order valence-corrected chi connectivity index (χ1v) is 10.5. The largest absolute Gasteiger partial charge is 0.342 e. The number of nitrogens with one attached hydrogen (secondary N) is 1. The highest BCUT2D eigenvalue weighted by Gasteiger charge is 2.19. The van der Waals surface area contributed by atoms with Crippen LogP contribution in [0.4, 0.5) is 0 Å². The number of halogens is 2. The van der Waals surface area contributed by atoms with Gasteiger partial charge in [0.2, 0.25) is 5.91 Å². The van der Waals surface area contributed by atoms with Gasteiger partial charge in [-0.1, -0.05) is 35.3 Å². The van der Waals surface area contributed by atoms with E-state index >= 15 is 0 Å². The highest BCUT2D eigenvalue weighted by molar-refractivity contribution is 7.98. The molecule has 0 aliphatic heterocycles. The molecular weight excluding hydrogens is 403 g/mol. The number of carbonyl (C=O) groups is 1. The van der Waals surface area contributed by atoms with Gasteiger partial charge in [-0.05, 0) is 54.3 Å². The third-order valence-corrected chi connectivity index (χ3v) is 5.33. The van der Waals surface area contributed by atoms with Crippen LogP contribution in [0.5, 0.6) is 0 Å². The molecule has 0 bridgehead atoms. The molecule has 2 heterocycles. The molecule has 0 saturated heterocycles. The molecule has 0 spiro atoms. The summed E-state index contributed by atoms with van der Waals surface area (Å²) in [5.41, 5.74) is 1.55. The summed E-state index contributed by atoms with van der Waals surface area (Å²) in [5.74, 6) is 1.40. The SMILES string of the molecule is CSCCC(NC(=O)/C=C/c1ccc(Cl)c(Cl)c1)c1nnc2ccccn12. The number of pyridine rings is 1. The molecule has 27 heavy (non-hydrogen) atoms. The van der Waals surface area contributed by atoms with Crippen LogP contribution in [0.15, 0.2) is 48.7 Å². The number of fused-ring (bicyclic) bond motifs is 1. The molecule has 8 heteroatoms. The number of thioether (sulfide) groups is 1. The molecule has 1 amide bonds. The number of nitrogens with zero attached hydrogens (tertiary/aromatic N) is 3. The van der Waals surface area contributed by atoms with Crippen molar-refractivity contribution >= 4 is 52.6 Å². The van der Waals surface area contributed by atoms with Gasteiger partial charge >= 0.3 is 0 Å². The first-order valence-electron chi connectivity index (χ1n) is 8.30. The van der Waals surface area contributed by atoms with E-state index in [1.165, 1.54) is 6.08 Å². The van der Waals surface area contributed by atoms with Crippen LogP contribution >= 0.6 is 35.0 Å². The molecule has 0 fully saturated rings. The molecule has 0 saturated carbocycles. The van der Waals surface area contributed by atoms with Gasteiger partial charge in [0.25, 0.3) is 0 Å². The average Bonchev–Trinajstić information content (AvgIpc) is 3.10. The topological polar surface area (TPSA) is 59.3 Å². The molecule has 2 aromatic heterocycles. The lowest BCUT2D eigenvalue weighted by atomic mass is 10.2. The van der Waals surface area contributed by atoms with E-state index in [1.807, 2.05) is 35.1 Å². The fourth-order valence-electron chi connectivity index (χ4n) is 2.61. The minimum Gasteiger partial charge on any atom is -0.342 e. The van der Waals surface area contributed by atoms with Gasteiger partial charge in [-0.2, -0.15) is 11.8 Å². The first-order chi connectivity index (χ1) is 13.1. The zero-order chi connectivity index (χ0) is 19.2. The molecular formula is C19H18Cl2N4OS. The van der Waals surface area contributed by atoms with Gasteiger partial charge in [-0.3, -0.25) is 9.20 Å². The Labute approximate surface area is 171 Å². The Hall–Kier alpha value is -2.02. The summed E-state index contributed by atoms with van der Waals surface area (Å²) in [7, 11) is 0. The van der Waals surface area contributed by atoms with E-state index in [4.69, 9.17) is 23.2 Å². The minimum atomic E-state index is -0.235. The smallest absolute Gasteiger partial charge is 0.244 e. The van der Waals surface area contributed by atoms with Crippen molar-refractivity contribution in [1.29, 1.82) is 0 Å². The summed E-state index contributed by atoms with van der Waals surface area (Å²) in [6.45, 7) is 0. The van der Waals surface area contributed by atoms with Crippen molar-refractivity contribution in [2.75, 3.05) is 12.0 Å². The Morgan fingerprint density at radius 3 is 2.89 bits per heavy atom. The van der Waals surface area contributed by atoms with E-state index in [0.29, 0.717) is 10.0 Å². The maximum absolute atomic E-state index is 12.5. The Kier molecular flexibility index (Phi) is 6.77. The second-order valence-electron chi connectivity index (χ2n) is 5.84. The molecule has 1 unspecified atom stereocenters. The summed E-state index contributed by atoms with van der Waals surface area (Å²) in [6, 6.07) is 10.7. The highest BCUT2D eigenvalue weighted by Crippen LogP contribution is 2.23. The third kappa shape index (κ3) is 5.03. The molecule has 1 atom stereocenters. The van der Waals surface area contributed by atoms with E-state index < -0.39 is 0 Å². The molecule has 1 N–H and O–H groups in total. The van der Waals surface area contributed by atoms with Crippen molar-refractivity contribution in [3.05, 3.63) is 70.1 Å². The van der Waals surface area contributed by atoms with E-state index in [2.05, 4.69) is 15.5 Å². The van der Waals surface area contributed by atoms with E-state index in [0.717, 1.165) is 29.2 Å². The molecule has 3 rings (SSSR count). The third-order valence-electron chi connectivity index (χ3n) is 3.95.